The smallest absolute Gasteiger partial charge is 0.336 e. The summed E-state index contributed by atoms with van der Waals surface area (Å²) in [6, 6.07) is 17.1. The first-order valence-corrected chi connectivity index (χ1v) is 11.4. The average Bonchev–Trinajstić information content (AvgIpc) is 3.34. The molecule has 1 atom stereocenters. The van der Waals surface area contributed by atoms with Gasteiger partial charge in [0.25, 0.3) is 0 Å². The summed E-state index contributed by atoms with van der Waals surface area (Å²) in [6.07, 6.45) is 3.30. The van der Waals surface area contributed by atoms with Crippen molar-refractivity contribution in [1.29, 1.82) is 0 Å². The van der Waals surface area contributed by atoms with Gasteiger partial charge in [-0.3, -0.25) is 4.79 Å². The van der Waals surface area contributed by atoms with E-state index >= 15 is 0 Å². The molecule has 0 aromatic heterocycles. The number of esters is 1. The van der Waals surface area contributed by atoms with Gasteiger partial charge >= 0.3 is 5.97 Å². The van der Waals surface area contributed by atoms with Crippen molar-refractivity contribution >= 4 is 17.6 Å². The van der Waals surface area contributed by atoms with E-state index in [1.165, 1.54) is 0 Å². The first-order valence-electron chi connectivity index (χ1n) is 11.4. The second-order valence-corrected chi connectivity index (χ2v) is 8.52. The van der Waals surface area contributed by atoms with E-state index in [0.29, 0.717) is 19.3 Å². The van der Waals surface area contributed by atoms with E-state index in [9.17, 15) is 9.59 Å². The maximum Gasteiger partial charge on any atom is 0.336 e. The molecule has 6 heteroatoms. The highest BCUT2D eigenvalue weighted by molar-refractivity contribution is 5.86. The van der Waals surface area contributed by atoms with Crippen molar-refractivity contribution in [2.45, 2.75) is 57.6 Å². The van der Waals surface area contributed by atoms with E-state index in [1.807, 2.05) is 73.3 Å². The number of methoxy groups -OCH3 is 1. The van der Waals surface area contributed by atoms with Gasteiger partial charge in [-0.05, 0) is 69.4 Å². The third-order valence-electron chi connectivity index (χ3n) is 5.81. The molecule has 2 aromatic carbocycles. The summed E-state index contributed by atoms with van der Waals surface area (Å²) >= 11 is 0. The molecule has 1 heterocycles. The molecule has 1 N–H and O–H groups in total. The summed E-state index contributed by atoms with van der Waals surface area (Å²) in [5.41, 5.74) is 0.488. The molecule has 1 saturated heterocycles. The summed E-state index contributed by atoms with van der Waals surface area (Å²) in [7, 11) is 1.62. The highest BCUT2D eigenvalue weighted by atomic mass is 16.5. The summed E-state index contributed by atoms with van der Waals surface area (Å²) in [4.78, 5) is 28.1. The number of amides is 1. The Balaban J connectivity index is 1.89. The molecule has 2 aromatic rings. The molecule has 0 bridgehead atoms. The third-order valence-corrected chi connectivity index (χ3v) is 5.81. The molecule has 32 heavy (non-hydrogen) atoms. The van der Waals surface area contributed by atoms with E-state index in [0.717, 1.165) is 42.9 Å². The van der Waals surface area contributed by atoms with Crippen LogP contribution < -0.4 is 10.1 Å². The minimum atomic E-state index is -1.11. The quantitative estimate of drug-likeness (QED) is 0.543. The summed E-state index contributed by atoms with van der Waals surface area (Å²) < 4.78 is 11.0. The van der Waals surface area contributed by atoms with Crippen LogP contribution in [0.4, 0.5) is 5.69 Å². The maximum absolute atomic E-state index is 13.5. The number of carbonyl (C=O) groups excluding carboxylic acids is 2. The second-order valence-electron chi connectivity index (χ2n) is 8.52. The Morgan fingerprint density at radius 3 is 2.28 bits per heavy atom. The highest BCUT2D eigenvalue weighted by Gasteiger charge is 2.42. The Hall–Kier alpha value is -3.02. The van der Waals surface area contributed by atoms with Crippen molar-refractivity contribution < 1.29 is 19.1 Å². The minimum absolute atomic E-state index is 0.158. The van der Waals surface area contributed by atoms with Crippen molar-refractivity contribution in [2.75, 3.05) is 25.5 Å². The van der Waals surface area contributed by atoms with Crippen LogP contribution in [0, 0.1) is 0 Å². The molecule has 172 valence electrons. The van der Waals surface area contributed by atoms with Gasteiger partial charge in [-0.15, -0.1) is 0 Å². The predicted molar refractivity (Wildman–Crippen MR) is 126 cm³/mol. The summed E-state index contributed by atoms with van der Waals surface area (Å²) in [5, 5.41) is 3.45. The van der Waals surface area contributed by atoms with Crippen molar-refractivity contribution in [3.05, 3.63) is 60.2 Å². The SMILES string of the molecule is COc1ccc(N[C@](CCCC(=O)N2CCCC2)(C(=O)OC(C)C)c2ccccc2)cc1. The number of carbonyl (C=O) groups is 2. The fraction of sp³-hybridized carbons (Fsp3) is 0.462. The summed E-state index contributed by atoms with van der Waals surface area (Å²) in [6.45, 7) is 5.36. The molecule has 0 unspecified atom stereocenters. The second kappa shape index (κ2) is 11.0. The molecule has 1 fully saturated rings. The number of rotatable bonds is 10. The van der Waals surface area contributed by atoms with Gasteiger partial charge in [0.1, 0.15) is 5.75 Å². The number of likely N-dealkylation sites (tertiary alicyclic amines) is 1. The number of hydrogen-bond acceptors (Lipinski definition) is 5. The molecule has 6 nitrogen and oxygen atoms in total. The van der Waals surface area contributed by atoms with Gasteiger partial charge in [0.2, 0.25) is 5.91 Å². The number of hydrogen-bond donors (Lipinski definition) is 1. The fourth-order valence-corrected chi connectivity index (χ4v) is 4.14. The number of benzene rings is 2. The van der Waals surface area contributed by atoms with Crippen LogP contribution in [-0.4, -0.2) is 43.1 Å². The molecule has 1 amide bonds. The topological polar surface area (TPSA) is 67.9 Å². The van der Waals surface area contributed by atoms with Gasteiger partial charge in [0.05, 0.1) is 13.2 Å². The van der Waals surface area contributed by atoms with Gasteiger partial charge in [-0.2, -0.15) is 0 Å². The standard InChI is InChI=1S/C26H34N2O4/c1-20(2)32-25(30)26(21-10-5-4-6-11-21,27-22-13-15-23(31-3)16-14-22)17-9-12-24(29)28-18-7-8-19-28/h4-6,10-11,13-16,20,27H,7-9,12,17-19H2,1-3H3/t26-/m0/s1. The Kier molecular flexibility index (Phi) is 8.14. The molecule has 0 radical (unpaired) electrons. The largest absolute Gasteiger partial charge is 0.497 e. The van der Waals surface area contributed by atoms with Crippen molar-refractivity contribution in [3.63, 3.8) is 0 Å². The summed E-state index contributed by atoms with van der Waals surface area (Å²) in [5.74, 6) is 0.552. The zero-order valence-electron chi connectivity index (χ0n) is 19.3. The maximum atomic E-state index is 13.5. The van der Waals surface area contributed by atoms with E-state index in [2.05, 4.69) is 5.32 Å². The van der Waals surface area contributed by atoms with Crippen LogP contribution in [0.15, 0.2) is 54.6 Å². The lowest BCUT2D eigenvalue weighted by Crippen LogP contribution is -2.46. The van der Waals surface area contributed by atoms with Crippen molar-refractivity contribution in [2.24, 2.45) is 0 Å². The number of anilines is 1. The molecule has 0 saturated carbocycles. The predicted octanol–water partition coefficient (Wildman–Crippen LogP) is 4.75. The van der Waals surface area contributed by atoms with Crippen molar-refractivity contribution in [3.8, 4) is 5.75 Å². The van der Waals surface area contributed by atoms with Crippen LogP contribution in [0.3, 0.4) is 0 Å². The molecule has 3 rings (SSSR count). The molecular weight excluding hydrogens is 404 g/mol. The van der Waals surface area contributed by atoms with E-state index in [-0.39, 0.29) is 18.0 Å². The Morgan fingerprint density at radius 1 is 1.03 bits per heavy atom. The molecule has 1 aliphatic heterocycles. The fourth-order valence-electron chi connectivity index (χ4n) is 4.14. The first kappa shape index (κ1) is 23.6. The van der Waals surface area contributed by atoms with Crippen LogP contribution in [0.1, 0.15) is 51.5 Å². The Labute approximate surface area is 190 Å². The lowest BCUT2D eigenvalue weighted by atomic mass is 9.84. The van der Waals surface area contributed by atoms with Gasteiger partial charge in [-0.1, -0.05) is 30.3 Å². The lowest BCUT2D eigenvalue weighted by Gasteiger charge is -2.35. The van der Waals surface area contributed by atoms with E-state index in [1.54, 1.807) is 7.11 Å². The van der Waals surface area contributed by atoms with Gasteiger partial charge in [0.15, 0.2) is 5.54 Å². The van der Waals surface area contributed by atoms with Gasteiger partial charge < -0.3 is 19.7 Å². The number of nitrogens with one attached hydrogen (secondary N) is 1. The average molecular weight is 439 g/mol. The number of ether oxygens (including phenoxy) is 2. The lowest BCUT2D eigenvalue weighted by molar-refractivity contribution is -0.154. The van der Waals surface area contributed by atoms with Crippen LogP contribution in [-0.2, 0) is 19.9 Å². The zero-order valence-corrected chi connectivity index (χ0v) is 19.3. The van der Waals surface area contributed by atoms with E-state index in [4.69, 9.17) is 9.47 Å². The number of nitrogens with zero attached hydrogens (tertiary/aromatic N) is 1. The van der Waals surface area contributed by atoms with Crippen LogP contribution >= 0.6 is 0 Å². The van der Waals surface area contributed by atoms with Crippen LogP contribution in [0.2, 0.25) is 0 Å². The normalized spacial score (nSPS) is 15.3. The van der Waals surface area contributed by atoms with E-state index < -0.39 is 5.54 Å². The zero-order chi connectivity index (χ0) is 23.0. The third kappa shape index (κ3) is 5.81. The first-order chi connectivity index (χ1) is 15.4. The van der Waals surface area contributed by atoms with Crippen molar-refractivity contribution in [1.82, 2.24) is 4.90 Å². The molecule has 1 aliphatic rings. The Morgan fingerprint density at radius 2 is 1.69 bits per heavy atom. The monoisotopic (exact) mass is 438 g/mol. The highest BCUT2D eigenvalue weighted by Crippen LogP contribution is 2.34. The Bertz CT molecular complexity index is 876. The molecule has 0 aliphatic carbocycles. The van der Waals surface area contributed by atoms with Gasteiger partial charge in [0, 0.05) is 25.2 Å². The molecule has 0 spiro atoms. The van der Waals surface area contributed by atoms with Gasteiger partial charge in [-0.25, -0.2) is 4.79 Å². The van der Waals surface area contributed by atoms with Crippen LogP contribution in [0.25, 0.3) is 0 Å². The molecular formula is C26H34N2O4. The van der Waals surface area contributed by atoms with Crippen LogP contribution in [0.5, 0.6) is 5.75 Å². The minimum Gasteiger partial charge on any atom is -0.497 e.